The van der Waals surface area contributed by atoms with Crippen molar-refractivity contribution in [2.24, 2.45) is 5.10 Å². The summed E-state index contributed by atoms with van der Waals surface area (Å²) in [5.74, 6) is -0.113. The van der Waals surface area contributed by atoms with E-state index in [1.54, 1.807) is 12.1 Å². The number of hydrogen-bond donors (Lipinski definition) is 3. The molecule has 0 aliphatic heterocycles. The van der Waals surface area contributed by atoms with Crippen LogP contribution in [-0.4, -0.2) is 44.5 Å². The number of carbonyl (C=O) groups is 1. The molecule has 1 aromatic carbocycles. The molecular weight excluding hydrogens is 278 g/mol. The summed E-state index contributed by atoms with van der Waals surface area (Å²) in [4.78, 5) is 12.6. The van der Waals surface area contributed by atoms with E-state index in [0.717, 1.165) is 4.80 Å². The first-order valence-electron chi connectivity index (χ1n) is 5.80. The maximum atomic E-state index is 11.5. The molecule has 1 aromatic heterocycles. The van der Waals surface area contributed by atoms with Gasteiger partial charge in [-0.15, -0.1) is 5.10 Å². The van der Waals surface area contributed by atoms with Gasteiger partial charge >= 0.3 is 0 Å². The number of nitrogens with two attached hydrogens (primary N) is 1. The van der Waals surface area contributed by atoms with Crippen LogP contribution in [-0.2, 0) is 11.3 Å². The molecule has 0 aliphatic rings. The van der Waals surface area contributed by atoms with Crippen molar-refractivity contribution in [1.29, 1.82) is 0 Å². The van der Waals surface area contributed by atoms with Crippen LogP contribution in [0.1, 0.15) is 5.56 Å². The third kappa shape index (κ3) is 3.89. The molecule has 0 radical (unpaired) electrons. The summed E-state index contributed by atoms with van der Waals surface area (Å²) in [6.07, 6.45) is 1.41. The van der Waals surface area contributed by atoms with Gasteiger partial charge in [0.2, 0.25) is 0 Å². The molecule has 4 N–H and O–H groups in total. The van der Waals surface area contributed by atoms with Crippen LogP contribution in [0.5, 0.6) is 11.5 Å². The minimum atomic E-state index is -0.436. The molecule has 0 spiro atoms. The van der Waals surface area contributed by atoms with Gasteiger partial charge in [-0.25, -0.2) is 5.43 Å². The van der Waals surface area contributed by atoms with E-state index in [2.05, 4.69) is 25.9 Å². The quantitative estimate of drug-likeness (QED) is 0.480. The highest BCUT2D eigenvalue weighted by Crippen LogP contribution is 2.25. The molecule has 110 valence electrons. The van der Waals surface area contributed by atoms with Crippen LogP contribution < -0.4 is 15.9 Å². The number of methoxy groups -OCH3 is 1. The number of nitrogen functional groups attached to an aromatic ring is 1. The van der Waals surface area contributed by atoms with Gasteiger partial charge in [-0.3, -0.25) is 4.79 Å². The SMILES string of the molecule is COc1cc(/C=N\NC(=O)Cn2nnc(N)n2)ccc1O. The van der Waals surface area contributed by atoms with Crippen LogP contribution >= 0.6 is 0 Å². The molecule has 0 fully saturated rings. The molecule has 2 rings (SSSR count). The van der Waals surface area contributed by atoms with E-state index < -0.39 is 5.91 Å². The third-order valence-electron chi connectivity index (χ3n) is 2.36. The molecule has 0 unspecified atom stereocenters. The van der Waals surface area contributed by atoms with E-state index in [0.29, 0.717) is 11.3 Å². The van der Waals surface area contributed by atoms with Gasteiger partial charge in [0.25, 0.3) is 11.9 Å². The van der Waals surface area contributed by atoms with Crippen LogP contribution in [0.15, 0.2) is 23.3 Å². The second-order valence-electron chi connectivity index (χ2n) is 3.90. The van der Waals surface area contributed by atoms with Crippen LogP contribution in [0.3, 0.4) is 0 Å². The lowest BCUT2D eigenvalue weighted by molar-refractivity contribution is -0.122. The van der Waals surface area contributed by atoms with E-state index in [1.807, 2.05) is 0 Å². The number of phenolic OH excluding ortho intramolecular Hbond substituents is 1. The summed E-state index contributed by atoms with van der Waals surface area (Å²) in [7, 11) is 1.44. The van der Waals surface area contributed by atoms with Crippen molar-refractivity contribution >= 4 is 18.1 Å². The van der Waals surface area contributed by atoms with Gasteiger partial charge in [-0.2, -0.15) is 9.90 Å². The first-order chi connectivity index (χ1) is 10.1. The fourth-order valence-corrected chi connectivity index (χ4v) is 1.44. The number of tetrazole rings is 1. The molecular formula is C11H13N7O3. The van der Waals surface area contributed by atoms with E-state index in [4.69, 9.17) is 10.5 Å². The van der Waals surface area contributed by atoms with E-state index >= 15 is 0 Å². The average Bonchev–Trinajstić information content (AvgIpc) is 2.86. The normalized spacial score (nSPS) is 10.7. The number of phenols is 1. The largest absolute Gasteiger partial charge is 0.504 e. The Morgan fingerprint density at radius 2 is 2.43 bits per heavy atom. The highest BCUT2D eigenvalue weighted by Gasteiger charge is 2.05. The Bertz CT molecular complexity index is 668. The molecule has 21 heavy (non-hydrogen) atoms. The summed E-state index contributed by atoms with van der Waals surface area (Å²) in [6, 6.07) is 4.65. The number of amides is 1. The summed E-state index contributed by atoms with van der Waals surface area (Å²) in [5.41, 5.74) is 8.22. The number of aromatic hydroxyl groups is 1. The lowest BCUT2D eigenvalue weighted by atomic mass is 10.2. The summed E-state index contributed by atoms with van der Waals surface area (Å²) >= 11 is 0. The Morgan fingerprint density at radius 1 is 1.62 bits per heavy atom. The molecule has 0 aliphatic carbocycles. The van der Waals surface area contributed by atoms with Gasteiger partial charge in [-0.05, 0) is 29.0 Å². The van der Waals surface area contributed by atoms with Gasteiger partial charge < -0.3 is 15.6 Å². The van der Waals surface area contributed by atoms with Crippen molar-refractivity contribution in [2.45, 2.75) is 6.54 Å². The molecule has 0 atom stereocenters. The second kappa shape index (κ2) is 6.32. The summed E-state index contributed by atoms with van der Waals surface area (Å²) in [6.45, 7) is -0.152. The highest BCUT2D eigenvalue weighted by atomic mass is 16.5. The predicted octanol–water partition coefficient (Wildman–Crippen LogP) is -0.880. The van der Waals surface area contributed by atoms with Crippen molar-refractivity contribution in [3.05, 3.63) is 23.8 Å². The van der Waals surface area contributed by atoms with Gasteiger partial charge in [0.05, 0.1) is 13.3 Å². The fraction of sp³-hybridized carbons (Fsp3) is 0.182. The Kier molecular flexibility index (Phi) is 4.29. The van der Waals surface area contributed by atoms with Gasteiger partial charge in [0, 0.05) is 0 Å². The average molecular weight is 291 g/mol. The number of benzene rings is 1. The molecule has 2 aromatic rings. The number of aromatic nitrogens is 4. The molecule has 1 amide bonds. The standard InChI is InChI=1S/C11H13N7O3/c1-21-9-4-7(2-3-8(9)19)5-13-14-10(20)6-18-16-11(12)15-17-18/h2-5,19H,6H2,1H3,(H2,12,16)(H,14,20)/b13-5-. The van der Waals surface area contributed by atoms with Gasteiger partial charge in [-0.1, -0.05) is 5.10 Å². The number of hydrogen-bond acceptors (Lipinski definition) is 8. The van der Waals surface area contributed by atoms with E-state index in [9.17, 15) is 9.90 Å². The Balaban J connectivity index is 1.91. The number of anilines is 1. The zero-order valence-electron chi connectivity index (χ0n) is 11.1. The van der Waals surface area contributed by atoms with Crippen LogP contribution in [0.25, 0.3) is 0 Å². The smallest absolute Gasteiger partial charge is 0.263 e. The molecule has 0 bridgehead atoms. The number of hydrazone groups is 1. The summed E-state index contributed by atoms with van der Waals surface area (Å²) < 4.78 is 4.96. The summed E-state index contributed by atoms with van der Waals surface area (Å²) in [5, 5.41) is 23.9. The predicted molar refractivity (Wildman–Crippen MR) is 72.6 cm³/mol. The minimum Gasteiger partial charge on any atom is -0.504 e. The molecule has 0 saturated heterocycles. The number of nitrogens with one attached hydrogen (secondary N) is 1. The molecule has 1 heterocycles. The monoisotopic (exact) mass is 291 g/mol. The maximum absolute atomic E-state index is 11.5. The molecule has 0 saturated carbocycles. The first kappa shape index (κ1) is 14.2. The van der Waals surface area contributed by atoms with Crippen molar-refractivity contribution in [2.75, 3.05) is 12.8 Å². The van der Waals surface area contributed by atoms with Crippen LogP contribution in [0.4, 0.5) is 5.95 Å². The topological polar surface area (TPSA) is 141 Å². The molecule has 10 heteroatoms. The van der Waals surface area contributed by atoms with Crippen molar-refractivity contribution in [1.82, 2.24) is 25.6 Å². The van der Waals surface area contributed by atoms with Crippen LogP contribution in [0, 0.1) is 0 Å². The fourth-order valence-electron chi connectivity index (χ4n) is 1.44. The zero-order chi connectivity index (χ0) is 15.2. The molecule has 10 nitrogen and oxygen atoms in total. The lowest BCUT2D eigenvalue weighted by Crippen LogP contribution is -2.24. The van der Waals surface area contributed by atoms with Gasteiger partial charge in [0.15, 0.2) is 11.5 Å². The number of carbonyl (C=O) groups excluding carboxylic acids is 1. The minimum absolute atomic E-state index is 0.0116. The van der Waals surface area contributed by atoms with Crippen molar-refractivity contribution in [3.63, 3.8) is 0 Å². The van der Waals surface area contributed by atoms with Crippen molar-refractivity contribution in [3.8, 4) is 11.5 Å². The van der Waals surface area contributed by atoms with E-state index in [-0.39, 0.29) is 18.2 Å². The van der Waals surface area contributed by atoms with Crippen molar-refractivity contribution < 1.29 is 14.6 Å². The number of ether oxygens (including phenoxy) is 1. The second-order valence-corrected chi connectivity index (χ2v) is 3.90. The zero-order valence-corrected chi connectivity index (χ0v) is 11.1. The number of rotatable bonds is 5. The Morgan fingerprint density at radius 3 is 3.10 bits per heavy atom. The van der Waals surface area contributed by atoms with E-state index in [1.165, 1.54) is 19.4 Å². The first-order valence-corrected chi connectivity index (χ1v) is 5.80. The third-order valence-corrected chi connectivity index (χ3v) is 2.36. The van der Waals surface area contributed by atoms with Crippen LogP contribution in [0.2, 0.25) is 0 Å². The number of nitrogens with zero attached hydrogens (tertiary/aromatic N) is 5. The maximum Gasteiger partial charge on any atom is 0.263 e. The van der Waals surface area contributed by atoms with Gasteiger partial charge in [0.1, 0.15) is 6.54 Å². The highest BCUT2D eigenvalue weighted by molar-refractivity contribution is 5.83. The Hall–Kier alpha value is -3.17. The Labute approximate surface area is 119 Å². The lowest BCUT2D eigenvalue weighted by Gasteiger charge is -2.03.